The molecule has 1 fully saturated rings. The molecule has 0 aromatic carbocycles. The third-order valence-electron chi connectivity index (χ3n) is 3.34. The third kappa shape index (κ3) is 1.63. The molecule has 0 aliphatic heterocycles. The number of carbonyl (C=O) groups excluding carboxylic acids is 1. The minimum absolute atomic E-state index is 0.209. The second-order valence-corrected chi connectivity index (χ2v) is 5.72. The zero-order chi connectivity index (χ0) is 10.2. The van der Waals surface area contributed by atoms with Gasteiger partial charge in [0.1, 0.15) is 0 Å². The standard InChI is InChI=1S/C12H16OS/c1-12(2)7-3-5-9(12)11(13)10-6-4-8-14-10/h4,6,8-9H,3,5,7H2,1-2H3. The maximum atomic E-state index is 12.1. The number of rotatable bonds is 2. The molecule has 1 aliphatic rings. The van der Waals surface area contributed by atoms with Gasteiger partial charge in [-0.05, 0) is 29.7 Å². The maximum Gasteiger partial charge on any atom is 0.176 e. The first kappa shape index (κ1) is 9.91. The highest BCUT2D eigenvalue weighted by Crippen LogP contribution is 2.44. The van der Waals surface area contributed by atoms with E-state index < -0.39 is 0 Å². The molecule has 1 aromatic heterocycles. The van der Waals surface area contributed by atoms with Gasteiger partial charge in [0.25, 0.3) is 0 Å². The average Bonchev–Trinajstić information content (AvgIpc) is 2.71. The third-order valence-corrected chi connectivity index (χ3v) is 4.22. The van der Waals surface area contributed by atoms with Gasteiger partial charge in [-0.2, -0.15) is 0 Å². The van der Waals surface area contributed by atoms with Crippen LogP contribution in [-0.4, -0.2) is 5.78 Å². The average molecular weight is 208 g/mol. The molecule has 1 aromatic rings. The van der Waals surface area contributed by atoms with E-state index in [1.807, 2.05) is 17.5 Å². The topological polar surface area (TPSA) is 17.1 Å². The van der Waals surface area contributed by atoms with Crippen LogP contribution >= 0.6 is 11.3 Å². The van der Waals surface area contributed by atoms with Crippen LogP contribution in [0.1, 0.15) is 42.8 Å². The van der Waals surface area contributed by atoms with Crippen molar-refractivity contribution in [3.8, 4) is 0 Å². The molecule has 0 radical (unpaired) electrons. The number of carbonyl (C=O) groups is 1. The summed E-state index contributed by atoms with van der Waals surface area (Å²) in [6.45, 7) is 4.44. The monoisotopic (exact) mass is 208 g/mol. The Morgan fingerprint density at radius 1 is 1.57 bits per heavy atom. The van der Waals surface area contributed by atoms with Crippen LogP contribution in [0.3, 0.4) is 0 Å². The van der Waals surface area contributed by atoms with E-state index in [9.17, 15) is 4.79 Å². The molecule has 1 heterocycles. The summed E-state index contributed by atoms with van der Waals surface area (Å²) in [7, 11) is 0. The molecule has 1 atom stereocenters. The molecule has 1 saturated carbocycles. The molecule has 0 bridgehead atoms. The smallest absolute Gasteiger partial charge is 0.176 e. The van der Waals surface area contributed by atoms with Gasteiger partial charge in [-0.1, -0.05) is 26.3 Å². The molecule has 1 nitrogen and oxygen atoms in total. The number of Topliss-reactive ketones (excluding diaryl/α,β-unsaturated/α-hetero) is 1. The lowest BCUT2D eigenvalue weighted by Crippen LogP contribution is -2.25. The number of ketones is 1. The summed E-state index contributed by atoms with van der Waals surface area (Å²) in [6, 6.07) is 3.90. The van der Waals surface area contributed by atoms with Gasteiger partial charge in [-0.15, -0.1) is 11.3 Å². The van der Waals surface area contributed by atoms with E-state index in [0.717, 1.165) is 11.3 Å². The van der Waals surface area contributed by atoms with Crippen LogP contribution in [0.2, 0.25) is 0 Å². The van der Waals surface area contributed by atoms with Gasteiger partial charge in [-0.25, -0.2) is 0 Å². The van der Waals surface area contributed by atoms with Crippen molar-refractivity contribution in [3.05, 3.63) is 22.4 Å². The zero-order valence-electron chi connectivity index (χ0n) is 8.75. The number of hydrogen-bond donors (Lipinski definition) is 0. The summed E-state index contributed by atoms with van der Waals surface area (Å²) in [5.74, 6) is 0.614. The van der Waals surface area contributed by atoms with E-state index in [0.29, 0.717) is 5.78 Å². The van der Waals surface area contributed by atoms with Crippen molar-refractivity contribution < 1.29 is 4.79 Å². The van der Waals surface area contributed by atoms with Crippen molar-refractivity contribution >= 4 is 17.1 Å². The van der Waals surface area contributed by atoms with Gasteiger partial charge in [0.15, 0.2) is 5.78 Å². The fraction of sp³-hybridized carbons (Fsp3) is 0.583. The summed E-state index contributed by atoms with van der Waals surface area (Å²) in [4.78, 5) is 13.1. The minimum Gasteiger partial charge on any atom is -0.293 e. The highest BCUT2D eigenvalue weighted by atomic mass is 32.1. The van der Waals surface area contributed by atoms with Crippen LogP contribution in [0.25, 0.3) is 0 Å². The second kappa shape index (κ2) is 3.50. The lowest BCUT2D eigenvalue weighted by atomic mass is 9.79. The predicted molar refractivity (Wildman–Crippen MR) is 59.8 cm³/mol. The Kier molecular flexibility index (Phi) is 2.48. The molecule has 14 heavy (non-hydrogen) atoms. The summed E-state index contributed by atoms with van der Waals surface area (Å²) < 4.78 is 0. The Labute approximate surface area is 89.1 Å². The molecule has 0 spiro atoms. The largest absolute Gasteiger partial charge is 0.293 e. The molecule has 0 N–H and O–H groups in total. The SMILES string of the molecule is CC1(C)CCCC1C(=O)c1cccs1. The van der Waals surface area contributed by atoms with Crippen molar-refractivity contribution in [2.75, 3.05) is 0 Å². The van der Waals surface area contributed by atoms with Gasteiger partial charge in [0, 0.05) is 5.92 Å². The van der Waals surface area contributed by atoms with E-state index in [-0.39, 0.29) is 11.3 Å². The lowest BCUT2D eigenvalue weighted by Gasteiger charge is -2.25. The van der Waals surface area contributed by atoms with Crippen LogP contribution in [0.4, 0.5) is 0 Å². The highest BCUT2D eigenvalue weighted by Gasteiger charge is 2.39. The van der Waals surface area contributed by atoms with Crippen molar-refractivity contribution in [2.45, 2.75) is 33.1 Å². The maximum absolute atomic E-state index is 12.1. The van der Waals surface area contributed by atoms with E-state index in [4.69, 9.17) is 0 Å². The van der Waals surface area contributed by atoms with Crippen LogP contribution in [0.5, 0.6) is 0 Å². The summed E-state index contributed by atoms with van der Waals surface area (Å²) in [5.41, 5.74) is 0.209. The molecule has 2 rings (SSSR count). The molecular formula is C12H16OS. The van der Waals surface area contributed by atoms with E-state index >= 15 is 0 Å². The van der Waals surface area contributed by atoms with Crippen molar-refractivity contribution in [1.29, 1.82) is 0 Å². The first-order chi connectivity index (χ1) is 6.61. The van der Waals surface area contributed by atoms with Gasteiger partial charge < -0.3 is 0 Å². The second-order valence-electron chi connectivity index (χ2n) is 4.77. The Morgan fingerprint density at radius 2 is 2.36 bits per heavy atom. The Balaban J connectivity index is 2.20. The fourth-order valence-corrected chi connectivity index (χ4v) is 3.12. The molecular weight excluding hydrogens is 192 g/mol. The summed E-state index contributed by atoms with van der Waals surface area (Å²) in [6.07, 6.45) is 3.47. The zero-order valence-corrected chi connectivity index (χ0v) is 9.56. The highest BCUT2D eigenvalue weighted by molar-refractivity contribution is 7.12. The van der Waals surface area contributed by atoms with Crippen molar-refractivity contribution in [1.82, 2.24) is 0 Å². The van der Waals surface area contributed by atoms with Crippen LogP contribution < -0.4 is 0 Å². The lowest BCUT2D eigenvalue weighted by molar-refractivity contribution is 0.0843. The summed E-state index contributed by atoms with van der Waals surface area (Å²) in [5, 5.41) is 1.98. The van der Waals surface area contributed by atoms with Gasteiger partial charge in [-0.3, -0.25) is 4.79 Å². The van der Waals surface area contributed by atoms with Crippen LogP contribution in [0.15, 0.2) is 17.5 Å². The Hall–Kier alpha value is -0.630. The molecule has 2 heteroatoms. The molecule has 0 amide bonds. The fourth-order valence-electron chi connectivity index (χ4n) is 2.40. The normalized spacial score (nSPS) is 25.1. The molecule has 0 saturated heterocycles. The Bertz CT molecular complexity index is 324. The quantitative estimate of drug-likeness (QED) is 0.676. The van der Waals surface area contributed by atoms with Crippen molar-refractivity contribution in [3.63, 3.8) is 0 Å². The Morgan fingerprint density at radius 3 is 2.86 bits per heavy atom. The predicted octanol–water partition coefficient (Wildman–Crippen LogP) is 3.76. The van der Waals surface area contributed by atoms with Gasteiger partial charge >= 0.3 is 0 Å². The van der Waals surface area contributed by atoms with E-state index in [1.165, 1.54) is 12.8 Å². The van der Waals surface area contributed by atoms with Gasteiger partial charge in [0.05, 0.1) is 4.88 Å². The first-order valence-electron chi connectivity index (χ1n) is 5.19. The van der Waals surface area contributed by atoms with Gasteiger partial charge in [0.2, 0.25) is 0 Å². The summed E-state index contributed by atoms with van der Waals surface area (Å²) >= 11 is 1.57. The van der Waals surface area contributed by atoms with Crippen molar-refractivity contribution in [2.24, 2.45) is 11.3 Å². The molecule has 76 valence electrons. The molecule has 1 aliphatic carbocycles. The number of thiophene rings is 1. The number of hydrogen-bond acceptors (Lipinski definition) is 2. The van der Waals surface area contributed by atoms with Crippen LogP contribution in [0, 0.1) is 11.3 Å². The van der Waals surface area contributed by atoms with E-state index in [2.05, 4.69) is 13.8 Å². The first-order valence-corrected chi connectivity index (χ1v) is 6.07. The minimum atomic E-state index is 0.209. The van der Waals surface area contributed by atoms with Crippen LogP contribution in [-0.2, 0) is 0 Å². The van der Waals surface area contributed by atoms with E-state index in [1.54, 1.807) is 11.3 Å². The molecule has 1 unspecified atom stereocenters.